The standard InChI is InChI=1S/C7H2BrClINO2S/c8-6-1-4(10)2-7(5(6)3-11)14(9,12)13/h1-2H. The van der Waals surface area contributed by atoms with Crippen molar-refractivity contribution in [1.82, 2.24) is 0 Å². The number of nitriles is 1. The van der Waals surface area contributed by atoms with Crippen LogP contribution in [0.1, 0.15) is 5.56 Å². The summed E-state index contributed by atoms with van der Waals surface area (Å²) in [6.45, 7) is 0. The summed E-state index contributed by atoms with van der Waals surface area (Å²) in [5, 5.41) is 8.75. The molecule has 0 bridgehead atoms. The lowest BCUT2D eigenvalue weighted by molar-refractivity contribution is 0.609. The van der Waals surface area contributed by atoms with Gasteiger partial charge < -0.3 is 0 Å². The van der Waals surface area contributed by atoms with Gasteiger partial charge in [0.2, 0.25) is 0 Å². The zero-order valence-electron chi connectivity index (χ0n) is 6.46. The molecule has 0 radical (unpaired) electrons. The monoisotopic (exact) mass is 405 g/mol. The van der Waals surface area contributed by atoms with E-state index >= 15 is 0 Å². The molecule has 1 aromatic carbocycles. The molecule has 0 aromatic heterocycles. The summed E-state index contributed by atoms with van der Waals surface area (Å²) in [5.41, 5.74) is 0.0282. The molecule has 3 nitrogen and oxygen atoms in total. The van der Waals surface area contributed by atoms with Gasteiger partial charge >= 0.3 is 0 Å². The molecule has 1 aromatic rings. The third-order valence-electron chi connectivity index (χ3n) is 1.39. The lowest BCUT2D eigenvalue weighted by atomic mass is 10.2. The van der Waals surface area contributed by atoms with Crippen LogP contribution in [0.4, 0.5) is 0 Å². The van der Waals surface area contributed by atoms with Crippen LogP contribution in [0.5, 0.6) is 0 Å². The zero-order chi connectivity index (χ0) is 10.9. The molecule has 0 N–H and O–H groups in total. The summed E-state index contributed by atoms with van der Waals surface area (Å²) in [4.78, 5) is -0.166. The second kappa shape index (κ2) is 4.35. The molecule has 0 spiro atoms. The molecule has 0 unspecified atom stereocenters. The number of hydrogen-bond donors (Lipinski definition) is 0. The lowest BCUT2D eigenvalue weighted by Crippen LogP contribution is -1.97. The van der Waals surface area contributed by atoms with Crippen molar-refractivity contribution in [2.45, 2.75) is 4.90 Å². The fraction of sp³-hybridized carbons (Fsp3) is 0. The highest BCUT2D eigenvalue weighted by Crippen LogP contribution is 2.28. The Morgan fingerprint density at radius 1 is 1.50 bits per heavy atom. The van der Waals surface area contributed by atoms with Gasteiger partial charge in [-0.05, 0) is 50.7 Å². The first-order valence-electron chi connectivity index (χ1n) is 3.20. The Kier molecular flexibility index (Phi) is 3.80. The van der Waals surface area contributed by atoms with Crippen LogP contribution in [0.2, 0.25) is 0 Å². The number of halogens is 3. The molecule has 1 rings (SSSR count). The van der Waals surface area contributed by atoms with Crippen LogP contribution >= 0.6 is 49.2 Å². The van der Waals surface area contributed by atoms with E-state index in [1.807, 2.05) is 22.6 Å². The van der Waals surface area contributed by atoms with Crippen LogP contribution in [0.25, 0.3) is 0 Å². The summed E-state index contributed by atoms with van der Waals surface area (Å²) >= 11 is 5.04. The highest BCUT2D eigenvalue weighted by molar-refractivity contribution is 14.1. The van der Waals surface area contributed by atoms with Crippen molar-refractivity contribution < 1.29 is 8.42 Å². The Labute approximate surface area is 108 Å². The van der Waals surface area contributed by atoms with Gasteiger partial charge in [0.15, 0.2) is 0 Å². The average molecular weight is 406 g/mol. The topological polar surface area (TPSA) is 57.9 Å². The van der Waals surface area contributed by atoms with Gasteiger partial charge in [0, 0.05) is 18.7 Å². The maximum absolute atomic E-state index is 11.1. The van der Waals surface area contributed by atoms with Crippen LogP contribution in [-0.4, -0.2) is 8.42 Å². The first-order chi connectivity index (χ1) is 6.36. The average Bonchev–Trinajstić information content (AvgIpc) is 2.01. The van der Waals surface area contributed by atoms with Gasteiger partial charge in [0.1, 0.15) is 11.0 Å². The minimum Gasteiger partial charge on any atom is -0.207 e. The van der Waals surface area contributed by atoms with E-state index in [0.717, 1.165) is 0 Å². The normalized spacial score (nSPS) is 11.0. The molecular weight excluding hydrogens is 404 g/mol. The predicted molar refractivity (Wildman–Crippen MR) is 64.6 cm³/mol. The number of rotatable bonds is 1. The van der Waals surface area contributed by atoms with Crippen LogP contribution in [0.15, 0.2) is 21.5 Å². The maximum Gasteiger partial charge on any atom is 0.262 e. The van der Waals surface area contributed by atoms with E-state index in [9.17, 15) is 8.42 Å². The van der Waals surface area contributed by atoms with E-state index in [4.69, 9.17) is 15.9 Å². The highest BCUT2D eigenvalue weighted by Gasteiger charge is 2.18. The molecule has 0 heterocycles. The Balaban J connectivity index is 3.68. The van der Waals surface area contributed by atoms with Gasteiger partial charge in [-0.1, -0.05) is 0 Å². The summed E-state index contributed by atoms with van der Waals surface area (Å²) in [6, 6.07) is 4.78. The Hall–Kier alpha value is 0.160. The minimum absolute atomic E-state index is 0.0282. The van der Waals surface area contributed by atoms with E-state index in [0.29, 0.717) is 8.04 Å². The molecule has 14 heavy (non-hydrogen) atoms. The van der Waals surface area contributed by atoms with Gasteiger partial charge in [0.05, 0.1) is 5.56 Å². The van der Waals surface area contributed by atoms with Crippen LogP contribution in [0, 0.1) is 14.9 Å². The second-order valence-electron chi connectivity index (χ2n) is 2.31. The van der Waals surface area contributed by atoms with Crippen LogP contribution < -0.4 is 0 Å². The summed E-state index contributed by atoms with van der Waals surface area (Å²) in [5.74, 6) is 0. The summed E-state index contributed by atoms with van der Waals surface area (Å²) in [6.07, 6.45) is 0. The SMILES string of the molecule is N#Cc1c(Br)cc(I)cc1S(=O)(=O)Cl. The van der Waals surface area contributed by atoms with Gasteiger partial charge in [-0.25, -0.2) is 8.42 Å². The first kappa shape index (κ1) is 12.2. The van der Waals surface area contributed by atoms with E-state index in [2.05, 4.69) is 15.9 Å². The van der Waals surface area contributed by atoms with Gasteiger partial charge in [0.25, 0.3) is 9.05 Å². The molecule has 0 saturated carbocycles. The first-order valence-corrected chi connectivity index (χ1v) is 7.38. The Morgan fingerprint density at radius 2 is 2.07 bits per heavy atom. The fourth-order valence-corrected chi connectivity index (χ4v) is 3.83. The molecule has 0 atom stereocenters. The van der Waals surface area contributed by atoms with Crippen molar-refractivity contribution in [2.75, 3.05) is 0 Å². The molecule has 0 aliphatic rings. The van der Waals surface area contributed by atoms with E-state index in [-0.39, 0.29) is 10.5 Å². The van der Waals surface area contributed by atoms with Crippen molar-refractivity contribution in [2.24, 2.45) is 0 Å². The third-order valence-corrected chi connectivity index (χ3v) is 3.99. The van der Waals surface area contributed by atoms with E-state index < -0.39 is 9.05 Å². The van der Waals surface area contributed by atoms with Crippen LogP contribution in [0.3, 0.4) is 0 Å². The van der Waals surface area contributed by atoms with Crippen molar-refractivity contribution in [3.05, 3.63) is 25.7 Å². The number of nitrogens with zero attached hydrogens (tertiary/aromatic N) is 1. The molecular formula is C7H2BrClINO2S. The second-order valence-corrected chi connectivity index (χ2v) is 6.94. The van der Waals surface area contributed by atoms with Crippen molar-refractivity contribution >= 4 is 58.3 Å². The molecule has 74 valence electrons. The third kappa shape index (κ3) is 2.59. The van der Waals surface area contributed by atoms with Gasteiger partial charge in [-0.15, -0.1) is 0 Å². The Morgan fingerprint density at radius 3 is 2.50 bits per heavy atom. The summed E-state index contributed by atoms with van der Waals surface area (Å²) in [7, 11) is 1.31. The summed E-state index contributed by atoms with van der Waals surface area (Å²) < 4.78 is 23.3. The zero-order valence-corrected chi connectivity index (χ0v) is 11.8. The highest BCUT2D eigenvalue weighted by atomic mass is 127. The molecule has 0 aliphatic carbocycles. The van der Waals surface area contributed by atoms with Gasteiger partial charge in [-0.3, -0.25) is 0 Å². The number of hydrogen-bond acceptors (Lipinski definition) is 3. The largest absolute Gasteiger partial charge is 0.262 e. The van der Waals surface area contributed by atoms with Gasteiger partial charge in [-0.2, -0.15) is 5.26 Å². The quantitative estimate of drug-likeness (QED) is 0.532. The fourth-order valence-electron chi connectivity index (χ4n) is 0.851. The minimum atomic E-state index is -3.88. The molecule has 0 aliphatic heterocycles. The van der Waals surface area contributed by atoms with Crippen molar-refractivity contribution in [1.29, 1.82) is 5.26 Å². The Bertz CT molecular complexity index is 523. The van der Waals surface area contributed by atoms with Crippen molar-refractivity contribution in [3.8, 4) is 6.07 Å². The molecule has 0 amide bonds. The molecule has 0 fully saturated rings. The maximum atomic E-state index is 11.1. The molecule has 0 saturated heterocycles. The smallest absolute Gasteiger partial charge is 0.207 e. The lowest BCUT2D eigenvalue weighted by Gasteiger charge is -2.02. The van der Waals surface area contributed by atoms with Crippen LogP contribution in [-0.2, 0) is 9.05 Å². The van der Waals surface area contributed by atoms with Crippen molar-refractivity contribution in [3.63, 3.8) is 0 Å². The van der Waals surface area contributed by atoms with E-state index in [1.165, 1.54) is 6.07 Å². The van der Waals surface area contributed by atoms with E-state index in [1.54, 1.807) is 12.1 Å². The number of benzene rings is 1. The molecule has 7 heteroatoms. The predicted octanol–water partition coefficient (Wildman–Crippen LogP) is 2.85.